The van der Waals surface area contributed by atoms with E-state index in [1.807, 2.05) is 0 Å². The molecule has 1 aromatic carbocycles. The number of hydrogen-bond donors (Lipinski definition) is 0. The van der Waals surface area contributed by atoms with Gasteiger partial charge in [-0.1, -0.05) is 77.7 Å². The van der Waals surface area contributed by atoms with Gasteiger partial charge in [0, 0.05) is 24.5 Å². The Morgan fingerprint density at radius 3 is 2.00 bits per heavy atom. The normalized spacial score (nSPS) is 17.3. The fraction of sp³-hybridized carbons (Fsp3) is 0.630. The highest BCUT2D eigenvalue weighted by Crippen LogP contribution is 2.37. The van der Waals surface area contributed by atoms with Crippen molar-refractivity contribution in [1.82, 2.24) is 4.90 Å². The van der Waals surface area contributed by atoms with Crippen molar-refractivity contribution in [2.24, 2.45) is 0 Å². The van der Waals surface area contributed by atoms with Crippen molar-refractivity contribution in [2.75, 3.05) is 24.7 Å². The van der Waals surface area contributed by atoms with Crippen LogP contribution in [0.5, 0.6) is 0 Å². The molecule has 29 heavy (non-hydrogen) atoms. The standard InChI is InChI=1S/C27H42N2/c1-5-11-22-15-9-16-23(12-6-2)26(22)28-19-20-29(21-28)27-24(13-7-3)17-10-18-25(27)14-8-4/h9,15-17H,5-8,10-14,18-21H2,1-4H3. The van der Waals surface area contributed by atoms with E-state index in [-0.39, 0.29) is 0 Å². The van der Waals surface area contributed by atoms with Gasteiger partial charge in [-0.05, 0) is 60.8 Å². The lowest BCUT2D eigenvalue weighted by Crippen LogP contribution is -2.28. The number of nitrogens with zero attached hydrogens (tertiary/aromatic N) is 2. The van der Waals surface area contributed by atoms with Gasteiger partial charge >= 0.3 is 0 Å². The van der Waals surface area contributed by atoms with Gasteiger partial charge < -0.3 is 9.80 Å². The molecule has 1 aliphatic carbocycles. The van der Waals surface area contributed by atoms with E-state index in [9.17, 15) is 0 Å². The Kier molecular flexibility index (Phi) is 8.27. The van der Waals surface area contributed by atoms with Crippen molar-refractivity contribution < 1.29 is 0 Å². The van der Waals surface area contributed by atoms with E-state index in [4.69, 9.17) is 0 Å². The van der Waals surface area contributed by atoms with Gasteiger partial charge in [-0.15, -0.1) is 0 Å². The van der Waals surface area contributed by atoms with E-state index in [0.717, 1.165) is 19.8 Å². The van der Waals surface area contributed by atoms with Crippen LogP contribution in [0.1, 0.15) is 90.2 Å². The molecule has 1 saturated heterocycles. The molecule has 0 radical (unpaired) electrons. The molecule has 0 N–H and O–H groups in total. The third kappa shape index (κ3) is 5.08. The van der Waals surface area contributed by atoms with Crippen LogP contribution in [0, 0.1) is 0 Å². The van der Waals surface area contributed by atoms with E-state index in [1.54, 1.807) is 33.7 Å². The molecule has 0 bridgehead atoms. The monoisotopic (exact) mass is 394 g/mol. The lowest BCUT2D eigenvalue weighted by molar-refractivity contribution is 0.419. The first kappa shape index (κ1) is 22.0. The minimum absolute atomic E-state index is 1.06. The van der Waals surface area contributed by atoms with E-state index in [0.29, 0.717) is 0 Å². The summed E-state index contributed by atoms with van der Waals surface area (Å²) in [6.07, 6.45) is 14.8. The zero-order chi connectivity index (χ0) is 20.6. The number of anilines is 1. The first-order valence-corrected chi connectivity index (χ1v) is 12.2. The molecule has 2 nitrogen and oxygen atoms in total. The van der Waals surface area contributed by atoms with Crippen LogP contribution < -0.4 is 4.90 Å². The summed E-state index contributed by atoms with van der Waals surface area (Å²) in [6.45, 7) is 12.6. The van der Waals surface area contributed by atoms with Crippen LogP contribution in [0.3, 0.4) is 0 Å². The SMILES string of the molecule is CCCC1=CCCC(CCC)=C1N1CCN(c2c(CCC)cccc2CCC)C1. The molecule has 3 rings (SSSR count). The molecule has 0 atom stereocenters. The Balaban J connectivity index is 1.90. The topological polar surface area (TPSA) is 6.48 Å². The fourth-order valence-electron chi connectivity index (χ4n) is 5.27. The Morgan fingerprint density at radius 1 is 0.759 bits per heavy atom. The second kappa shape index (κ2) is 10.9. The summed E-state index contributed by atoms with van der Waals surface area (Å²) in [4.78, 5) is 5.40. The molecule has 0 unspecified atom stereocenters. The predicted octanol–water partition coefficient (Wildman–Crippen LogP) is 7.25. The molecule has 0 spiro atoms. The summed E-state index contributed by atoms with van der Waals surface area (Å²) < 4.78 is 0. The molecule has 1 fully saturated rings. The third-order valence-corrected chi connectivity index (χ3v) is 6.40. The minimum Gasteiger partial charge on any atom is -0.352 e. The number of allylic oxidation sites excluding steroid dienone is 3. The van der Waals surface area contributed by atoms with Gasteiger partial charge in [-0.2, -0.15) is 0 Å². The molecule has 160 valence electrons. The fourth-order valence-corrected chi connectivity index (χ4v) is 5.27. The first-order chi connectivity index (χ1) is 14.2. The lowest BCUT2D eigenvalue weighted by atomic mass is 9.90. The maximum Gasteiger partial charge on any atom is 0.0904 e. The number of benzene rings is 1. The number of para-hydroxylation sites is 1. The second-order valence-corrected chi connectivity index (χ2v) is 8.81. The van der Waals surface area contributed by atoms with Crippen LogP contribution >= 0.6 is 0 Å². The Hall–Kier alpha value is -1.70. The van der Waals surface area contributed by atoms with E-state index in [2.05, 4.69) is 61.8 Å². The second-order valence-electron chi connectivity index (χ2n) is 8.81. The van der Waals surface area contributed by atoms with Crippen LogP contribution in [0.4, 0.5) is 5.69 Å². The van der Waals surface area contributed by atoms with Crippen molar-refractivity contribution >= 4 is 5.69 Å². The van der Waals surface area contributed by atoms with Gasteiger partial charge in [0.1, 0.15) is 0 Å². The van der Waals surface area contributed by atoms with E-state index < -0.39 is 0 Å². The van der Waals surface area contributed by atoms with Crippen molar-refractivity contribution in [1.29, 1.82) is 0 Å². The number of rotatable bonds is 10. The highest BCUT2D eigenvalue weighted by molar-refractivity contribution is 5.61. The average molecular weight is 395 g/mol. The Morgan fingerprint density at radius 2 is 1.38 bits per heavy atom. The van der Waals surface area contributed by atoms with Crippen molar-refractivity contribution in [3.05, 3.63) is 52.2 Å². The quantitative estimate of drug-likeness (QED) is 0.412. The molecule has 1 aliphatic heterocycles. The van der Waals surface area contributed by atoms with Gasteiger partial charge in [0.05, 0.1) is 6.67 Å². The first-order valence-electron chi connectivity index (χ1n) is 12.2. The van der Waals surface area contributed by atoms with E-state index >= 15 is 0 Å². The zero-order valence-electron chi connectivity index (χ0n) is 19.4. The molecule has 0 aromatic heterocycles. The summed E-state index contributed by atoms with van der Waals surface area (Å²) in [5, 5.41) is 0. The summed E-state index contributed by atoms with van der Waals surface area (Å²) in [5.74, 6) is 0. The number of hydrogen-bond acceptors (Lipinski definition) is 2. The largest absolute Gasteiger partial charge is 0.352 e. The van der Waals surface area contributed by atoms with Crippen LogP contribution in [-0.4, -0.2) is 24.7 Å². The van der Waals surface area contributed by atoms with Gasteiger partial charge in [-0.25, -0.2) is 0 Å². The van der Waals surface area contributed by atoms with E-state index in [1.165, 1.54) is 64.2 Å². The molecular weight excluding hydrogens is 352 g/mol. The summed E-state index contributed by atoms with van der Waals surface area (Å²) in [6, 6.07) is 7.01. The molecule has 1 aromatic rings. The highest BCUT2D eigenvalue weighted by Gasteiger charge is 2.29. The lowest BCUT2D eigenvalue weighted by Gasteiger charge is -2.32. The maximum atomic E-state index is 2.71. The van der Waals surface area contributed by atoms with Crippen LogP contribution in [0.15, 0.2) is 41.1 Å². The predicted molar refractivity (Wildman–Crippen MR) is 128 cm³/mol. The molecule has 2 heteroatoms. The maximum absolute atomic E-state index is 2.71. The van der Waals surface area contributed by atoms with Gasteiger partial charge in [0.25, 0.3) is 0 Å². The summed E-state index contributed by atoms with van der Waals surface area (Å²) in [5.41, 5.74) is 9.61. The Bertz CT molecular complexity index is 704. The summed E-state index contributed by atoms with van der Waals surface area (Å²) >= 11 is 0. The Labute approximate surface area is 179 Å². The van der Waals surface area contributed by atoms with Crippen molar-refractivity contribution in [3.63, 3.8) is 0 Å². The van der Waals surface area contributed by atoms with Gasteiger partial charge in [0.2, 0.25) is 0 Å². The zero-order valence-corrected chi connectivity index (χ0v) is 19.4. The molecule has 0 amide bonds. The van der Waals surface area contributed by atoms with Crippen molar-refractivity contribution in [2.45, 2.75) is 91.9 Å². The number of aryl methyl sites for hydroxylation is 2. The third-order valence-electron chi connectivity index (χ3n) is 6.40. The summed E-state index contributed by atoms with van der Waals surface area (Å²) in [7, 11) is 0. The molecular formula is C27H42N2. The van der Waals surface area contributed by atoms with Gasteiger partial charge in [-0.3, -0.25) is 0 Å². The minimum atomic E-state index is 1.06. The van der Waals surface area contributed by atoms with Crippen LogP contribution in [0.2, 0.25) is 0 Å². The van der Waals surface area contributed by atoms with Crippen molar-refractivity contribution in [3.8, 4) is 0 Å². The smallest absolute Gasteiger partial charge is 0.0904 e. The van der Waals surface area contributed by atoms with Crippen LogP contribution in [0.25, 0.3) is 0 Å². The van der Waals surface area contributed by atoms with Gasteiger partial charge in [0.15, 0.2) is 0 Å². The average Bonchev–Trinajstić information content (AvgIpc) is 3.19. The van der Waals surface area contributed by atoms with Crippen LogP contribution in [-0.2, 0) is 12.8 Å². The molecule has 1 heterocycles. The molecule has 0 saturated carbocycles. The molecule has 2 aliphatic rings. The highest BCUT2D eigenvalue weighted by atomic mass is 15.4.